The van der Waals surface area contributed by atoms with Crippen LogP contribution in [0.25, 0.3) is 0 Å². The van der Waals surface area contributed by atoms with E-state index in [9.17, 15) is 19.2 Å². The molecule has 8 heteroatoms. The monoisotopic (exact) mass is 483 g/mol. The van der Waals surface area contributed by atoms with Crippen LogP contribution in [0.4, 0.5) is 5.69 Å². The number of imide groups is 1. The summed E-state index contributed by atoms with van der Waals surface area (Å²) in [6, 6.07) is 20.0. The Morgan fingerprint density at radius 1 is 0.778 bits per heavy atom. The predicted octanol–water partition coefficient (Wildman–Crippen LogP) is 3.40. The van der Waals surface area contributed by atoms with Gasteiger partial charge in [-0.25, -0.2) is 4.90 Å². The maximum Gasteiger partial charge on any atom is 0.241 e. The van der Waals surface area contributed by atoms with E-state index in [1.165, 1.54) is 14.2 Å². The normalized spacial score (nSPS) is 23.8. The third kappa shape index (κ3) is 2.73. The van der Waals surface area contributed by atoms with Crippen molar-refractivity contribution in [3.8, 4) is 11.5 Å². The van der Waals surface area contributed by atoms with Crippen molar-refractivity contribution in [2.45, 2.75) is 11.7 Å². The zero-order valence-corrected chi connectivity index (χ0v) is 19.5. The van der Waals surface area contributed by atoms with Crippen LogP contribution in [0.3, 0.4) is 0 Å². The summed E-state index contributed by atoms with van der Waals surface area (Å²) < 4.78 is 17.0. The summed E-state index contributed by atoms with van der Waals surface area (Å²) in [5.74, 6) is -4.11. The summed E-state index contributed by atoms with van der Waals surface area (Å²) in [7, 11) is 2.91. The number of methoxy groups -OCH3 is 2. The molecule has 0 bridgehead atoms. The number of carbonyl (C=O) groups excluding carboxylic acids is 4. The highest BCUT2D eigenvalue weighted by molar-refractivity contribution is 6.37. The van der Waals surface area contributed by atoms with Crippen LogP contribution in [-0.2, 0) is 14.3 Å². The number of anilines is 1. The second kappa shape index (κ2) is 7.86. The largest absolute Gasteiger partial charge is 0.497 e. The van der Waals surface area contributed by atoms with Crippen LogP contribution in [0.5, 0.6) is 11.5 Å². The van der Waals surface area contributed by atoms with Crippen LogP contribution in [-0.4, -0.2) is 43.2 Å². The summed E-state index contributed by atoms with van der Waals surface area (Å²) in [5.41, 5.74) is -0.923. The highest BCUT2D eigenvalue weighted by atomic mass is 16.5. The molecule has 0 N–H and O–H groups in total. The summed E-state index contributed by atoms with van der Waals surface area (Å²) in [5, 5.41) is 0. The van der Waals surface area contributed by atoms with Gasteiger partial charge in [-0.05, 0) is 17.7 Å². The van der Waals surface area contributed by atoms with Crippen LogP contribution in [0.2, 0.25) is 0 Å². The molecule has 3 aliphatic rings. The number of benzene rings is 3. The lowest BCUT2D eigenvalue weighted by molar-refractivity contribution is -0.127. The Bertz CT molecular complexity index is 1410. The van der Waals surface area contributed by atoms with E-state index in [0.29, 0.717) is 11.3 Å². The van der Waals surface area contributed by atoms with Gasteiger partial charge in [0.15, 0.2) is 0 Å². The Balaban J connectivity index is 1.54. The number of ketones is 2. The number of Topliss-reactive ketones (excluding diaryl/α,β-unsaturated/α-hetero) is 2. The number of nitrogens with zero attached hydrogens (tertiary/aromatic N) is 1. The number of fused-ring (bicyclic) bond motifs is 3. The lowest BCUT2D eigenvalue weighted by Crippen LogP contribution is -2.51. The quantitative estimate of drug-likeness (QED) is 0.414. The molecule has 2 aliphatic heterocycles. The van der Waals surface area contributed by atoms with Crippen LogP contribution < -0.4 is 14.4 Å². The van der Waals surface area contributed by atoms with E-state index in [-0.39, 0.29) is 22.6 Å². The molecule has 6 rings (SSSR count). The molecule has 2 saturated heterocycles. The van der Waals surface area contributed by atoms with Gasteiger partial charge in [-0.3, -0.25) is 19.2 Å². The maximum atomic E-state index is 14.0. The van der Waals surface area contributed by atoms with E-state index in [0.717, 1.165) is 4.90 Å². The maximum absolute atomic E-state index is 14.0. The van der Waals surface area contributed by atoms with E-state index in [4.69, 9.17) is 14.2 Å². The van der Waals surface area contributed by atoms with Crippen molar-refractivity contribution in [3.05, 3.63) is 89.5 Å². The number of hydrogen-bond acceptors (Lipinski definition) is 7. The lowest BCUT2D eigenvalue weighted by Gasteiger charge is -2.27. The molecule has 2 heterocycles. The van der Waals surface area contributed by atoms with E-state index in [2.05, 4.69) is 0 Å². The molecule has 36 heavy (non-hydrogen) atoms. The first-order valence-electron chi connectivity index (χ1n) is 11.4. The van der Waals surface area contributed by atoms with Gasteiger partial charge in [-0.15, -0.1) is 0 Å². The third-order valence-corrected chi connectivity index (χ3v) is 7.27. The Morgan fingerprint density at radius 3 is 2.03 bits per heavy atom. The fourth-order valence-corrected chi connectivity index (χ4v) is 5.67. The van der Waals surface area contributed by atoms with Crippen molar-refractivity contribution < 1.29 is 33.4 Å². The fourth-order valence-electron chi connectivity index (χ4n) is 5.67. The minimum Gasteiger partial charge on any atom is -0.497 e. The number of hydrogen-bond donors (Lipinski definition) is 0. The second-order valence-electron chi connectivity index (χ2n) is 8.94. The molecule has 3 aromatic carbocycles. The molecule has 2 amide bonds. The van der Waals surface area contributed by atoms with Crippen molar-refractivity contribution in [3.63, 3.8) is 0 Å². The van der Waals surface area contributed by atoms with Crippen LogP contribution in [0, 0.1) is 11.8 Å². The summed E-state index contributed by atoms with van der Waals surface area (Å²) in [6.07, 6.45) is -0.968. The molecule has 1 spiro atoms. The van der Waals surface area contributed by atoms with Gasteiger partial charge in [0.2, 0.25) is 29.0 Å². The van der Waals surface area contributed by atoms with Crippen LogP contribution in [0.1, 0.15) is 32.4 Å². The summed E-state index contributed by atoms with van der Waals surface area (Å²) in [4.78, 5) is 56.6. The van der Waals surface area contributed by atoms with Crippen LogP contribution in [0.15, 0.2) is 72.8 Å². The Morgan fingerprint density at radius 2 is 1.42 bits per heavy atom. The van der Waals surface area contributed by atoms with Gasteiger partial charge < -0.3 is 14.2 Å². The number of ether oxygens (including phenoxy) is 3. The minimum atomic E-state index is -2.12. The highest BCUT2D eigenvalue weighted by Crippen LogP contribution is 2.58. The molecular weight excluding hydrogens is 462 g/mol. The average molecular weight is 483 g/mol. The summed E-state index contributed by atoms with van der Waals surface area (Å²) in [6.45, 7) is 0. The zero-order chi connectivity index (χ0) is 25.2. The van der Waals surface area contributed by atoms with Crippen molar-refractivity contribution in [1.29, 1.82) is 0 Å². The number of amides is 2. The van der Waals surface area contributed by atoms with Crippen molar-refractivity contribution in [2.75, 3.05) is 19.1 Å². The molecule has 0 aromatic heterocycles. The van der Waals surface area contributed by atoms with Gasteiger partial charge in [0.25, 0.3) is 0 Å². The molecule has 180 valence electrons. The van der Waals surface area contributed by atoms with Gasteiger partial charge in [0.1, 0.15) is 11.5 Å². The molecule has 1 aliphatic carbocycles. The molecule has 2 fully saturated rings. The Hall–Kier alpha value is -4.30. The topological polar surface area (TPSA) is 99.2 Å². The van der Waals surface area contributed by atoms with Gasteiger partial charge in [0, 0.05) is 17.2 Å². The standard InChI is InChI=1S/C28H21NO7/c1-34-16-12-13-19(20(14-16)35-2)29-26(32)21-22(27(29)33)28(36-23(21)15-8-4-3-5-9-15)24(30)17-10-6-7-11-18(17)25(28)31/h3-14,21-23H,1-2H3/t21-,22+,23-/m0/s1. The first-order valence-corrected chi connectivity index (χ1v) is 11.4. The first kappa shape index (κ1) is 22.2. The third-order valence-electron chi connectivity index (χ3n) is 7.27. The Labute approximate surface area is 206 Å². The number of carbonyl (C=O) groups is 4. The summed E-state index contributed by atoms with van der Waals surface area (Å²) >= 11 is 0. The van der Waals surface area contributed by atoms with Gasteiger partial charge in [-0.1, -0.05) is 54.6 Å². The second-order valence-corrected chi connectivity index (χ2v) is 8.94. The predicted molar refractivity (Wildman–Crippen MR) is 127 cm³/mol. The molecule has 8 nitrogen and oxygen atoms in total. The van der Waals surface area contributed by atoms with Crippen molar-refractivity contribution >= 4 is 29.1 Å². The molecule has 0 saturated carbocycles. The lowest BCUT2D eigenvalue weighted by atomic mass is 9.77. The first-order chi connectivity index (χ1) is 17.4. The van der Waals surface area contributed by atoms with E-state index in [1.807, 2.05) is 6.07 Å². The van der Waals surface area contributed by atoms with Gasteiger partial charge in [-0.2, -0.15) is 0 Å². The van der Waals surface area contributed by atoms with Crippen molar-refractivity contribution in [2.24, 2.45) is 11.8 Å². The zero-order valence-electron chi connectivity index (χ0n) is 19.5. The SMILES string of the molecule is COc1ccc(N2C(=O)[C@@H]3[C@H](c4ccccc4)OC4(C(=O)c5ccccc5C4=O)[C@H]3C2=O)c(OC)c1. The molecule has 3 atom stereocenters. The van der Waals surface area contributed by atoms with E-state index < -0.39 is 46.9 Å². The van der Waals surface area contributed by atoms with Crippen LogP contribution >= 0.6 is 0 Å². The fraction of sp³-hybridized carbons (Fsp3) is 0.214. The van der Waals surface area contributed by atoms with E-state index >= 15 is 0 Å². The smallest absolute Gasteiger partial charge is 0.241 e. The minimum absolute atomic E-state index is 0.190. The Kier molecular flexibility index (Phi) is 4.84. The molecule has 3 aromatic rings. The van der Waals surface area contributed by atoms with Gasteiger partial charge >= 0.3 is 0 Å². The molecular formula is C28H21NO7. The molecule has 0 radical (unpaired) electrons. The number of rotatable bonds is 4. The molecule has 0 unspecified atom stereocenters. The highest BCUT2D eigenvalue weighted by Gasteiger charge is 2.74. The average Bonchev–Trinajstić information content (AvgIpc) is 3.48. The van der Waals surface area contributed by atoms with Gasteiger partial charge in [0.05, 0.1) is 37.8 Å². The van der Waals surface area contributed by atoms with Crippen molar-refractivity contribution in [1.82, 2.24) is 0 Å². The van der Waals surface area contributed by atoms with E-state index in [1.54, 1.807) is 66.7 Å².